The molecule has 3 saturated heterocycles. The minimum absolute atomic E-state index is 0.0255. The molecule has 0 spiro atoms. The molecule has 142 valence electrons. The number of hydrogen-bond acceptors (Lipinski definition) is 5. The zero-order valence-electron chi connectivity index (χ0n) is 15.7. The Morgan fingerprint density at radius 2 is 2.08 bits per heavy atom. The highest BCUT2D eigenvalue weighted by Gasteiger charge is 2.38. The molecule has 0 aromatic carbocycles. The van der Waals surface area contributed by atoms with Crippen LogP contribution in [0.15, 0.2) is 10.9 Å². The number of rotatable bonds is 2. The van der Waals surface area contributed by atoms with Crippen molar-refractivity contribution >= 4 is 5.91 Å². The summed E-state index contributed by atoms with van der Waals surface area (Å²) in [6, 6.07) is 1.72. The van der Waals surface area contributed by atoms with Gasteiger partial charge in [0.15, 0.2) is 0 Å². The van der Waals surface area contributed by atoms with Crippen molar-refractivity contribution in [3.05, 3.63) is 27.7 Å². The first kappa shape index (κ1) is 17.5. The number of likely N-dealkylation sites (N-methyl/N-ethyl adjacent to an activating group) is 1. The van der Waals surface area contributed by atoms with Crippen LogP contribution in [0.2, 0.25) is 0 Å². The molecule has 0 aliphatic carbocycles. The molecule has 2 atom stereocenters. The molecule has 3 fully saturated rings. The average molecular weight is 360 g/mol. The Balaban J connectivity index is 1.77. The van der Waals surface area contributed by atoms with Gasteiger partial charge in [-0.05, 0) is 25.8 Å². The van der Waals surface area contributed by atoms with E-state index in [9.17, 15) is 9.59 Å². The lowest BCUT2D eigenvalue weighted by molar-refractivity contribution is 0.0581. The van der Waals surface area contributed by atoms with E-state index < -0.39 is 0 Å². The first-order chi connectivity index (χ1) is 12.6. The van der Waals surface area contributed by atoms with Crippen LogP contribution in [0.5, 0.6) is 5.75 Å². The Labute approximate surface area is 153 Å². The lowest BCUT2D eigenvalue weighted by Crippen LogP contribution is -2.48. The van der Waals surface area contributed by atoms with E-state index in [-0.39, 0.29) is 17.5 Å². The van der Waals surface area contributed by atoms with Crippen LogP contribution < -0.4 is 15.6 Å². The summed E-state index contributed by atoms with van der Waals surface area (Å²) < 4.78 is 7.23. The van der Waals surface area contributed by atoms with E-state index >= 15 is 0 Å². The van der Waals surface area contributed by atoms with Crippen LogP contribution in [-0.4, -0.2) is 73.2 Å². The Bertz CT molecular complexity index is 760. The molecule has 1 N–H and O–H groups in total. The van der Waals surface area contributed by atoms with Gasteiger partial charge in [-0.2, -0.15) is 0 Å². The van der Waals surface area contributed by atoms with Crippen molar-refractivity contribution in [3.8, 4) is 5.75 Å². The standard InChI is InChI=1S/C19H28N4O3/c1-21-10-13-3-4-14(12-21)23(11-13)19(25)18-15-5-6-20-7-8-22(15)17(24)9-16(18)26-2/h9,13-14,20H,3-8,10-12H2,1-2H3/t13-,14+/m1/s1. The quantitative estimate of drug-likeness (QED) is 0.814. The molecule has 0 saturated carbocycles. The van der Waals surface area contributed by atoms with E-state index in [0.29, 0.717) is 30.2 Å². The number of aromatic nitrogens is 1. The molecule has 0 unspecified atom stereocenters. The lowest BCUT2D eigenvalue weighted by atomic mass is 9.93. The van der Waals surface area contributed by atoms with Crippen molar-refractivity contribution in [2.45, 2.75) is 31.8 Å². The van der Waals surface area contributed by atoms with Gasteiger partial charge in [-0.15, -0.1) is 0 Å². The molecule has 5 rings (SSSR count). The van der Waals surface area contributed by atoms with E-state index in [1.807, 2.05) is 4.90 Å². The minimum atomic E-state index is -0.0887. The van der Waals surface area contributed by atoms with Gasteiger partial charge in [-0.3, -0.25) is 9.59 Å². The number of carbonyl (C=O) groups is 1. The van der Waals surface area contributed by atoms with Gasteiger partial charge in [-0.1, -0.05) is 0 Å². The second kappa shape index (κ2) is 7.04. The zero-order chi connectivity index (χ0) is 18.3. The van der Waals surface area contributed by atoms with Gasteiger partial charge in [0.05, 0.1) is 7.11 Å². The summed E-state index contributed by atoms with van der Waals surface area (Å²) in [7, 11) is 3.68. The largest absolute Gasteiger partial charge is 0.496 e. The average Bonchev–Trinajstić information content (AvgIpc) is 3.04. The summed E-state index contributed by atoms with van der Waals surface area (Å²) in [6.45, 7) is 4.86. The van der Waals surface area contributed by atoms with E-state index in [0.717, 1.165) is 44.8 Å². The third-order valence-corrected chi connectivity index (χ3v) is 6.02. The number of ether oxygens (including phenoxy) is 1. The normalized spacial score (nSPS) is 26.2. The van der Waals surface area contributed by atoms with Gasteiger partial charge >= 0.3 is 0 Å². The van der Waals surface area contributed by atoms with Gasteiger partial charge in [-0.25, -0.2) is 0 Å². The van der Waals surface area contributed by atoms with Crippen molar-refractivity contribution < 1.29 is 9.53 Å². The number of methoxy groups -OCH3 is 1. The van der Waals surface area contributed by atoms with Crippen LogP contribution in [-0.2, 0) is 13.0 Å². The van der Waals surface area contributed by atoms with Crippen LogP contribution in [0, 0.1) is 5.92 Å². The molecule has 7 nitrogen and oxygen atoms in total. The van der Waals surface area contributed by atoms with Crippen LogP contribution in [0.25, 0.3) is 0 Å². The Kier molecular flexibility index (Phi) is 4.75. The fourth-order valence-electron chi connectivity index (χ4n) is 4.80. The number of pyridine rings is 1. The van der Waals surface area contributed by atoms with E-state index in [2.05, 4.69) is 17.3 Å². The van der Waals surface area contributed by atoms with Crippen LogP contribution in [0.1, 0.15) is 28.9 Å². The predicted octanol–water partition coefficient (Wildman–Crippen LogP) is 0.169. The second-order valence-corrected chi connectivity index (χ2v) is 7.80. The number of amides is 1. The number of hydrogen-bond donors (Lipinski definition) is 1. The molecule has 1 aromatic rings. The lowest BCUT2D eigenvalue weighted by Gasteiger charge is -2.37. The highest BCUT2D eigenvalue weighted by molar-refractivity contribution is 5.98. The molecular formula is C19H28N4O3. The molecule has 4 aliphatic rings. The molecule has 7 heteroatoms. The molecule has 0 radical (unpaired) electrons. The van der Waals surface area contributed by atoms with Gasteiger partial charge < -0.3 is 24.4 Å². The van der Waals surface area contributed by atoms with Crippen molar-refractivity contribution in [1.29, 1.82) is 0 Å². The maximum atomic E-state index is 13.6. The third-order valence-electron chi connectivity index (χ3n) is 6.02. The van der Waals surface area contributed by atoms with Crippen molar-refractivity contribution in [2.24, 2.45) is 5.92 Å². The summed E-state index contributed by atoms with van der Waals surface area (Å²) in [4.78, 5) is 30.5. The zero-order valence-corrected chi connectivity index (χ0v) is 15.7. The highest BCUT2D eigenvalue weighted by atomic mass is 16.5. The molecule has 5 heterocycles. The third kappa shape index (κ3) is 3.03. The van der Waals surface area contributed by atoms with Crippen LogP contribution in [0.4, 0.5) is 0 Å². The van der Waals surface area contributed by atoms with Gasteiger partial charge in [0.25, 0.3) is 11.5 Å². The Morgan fingerprint density at radius 3 is 2.88 bits per heavy atom. The van der Waals surface area contributed by atoms with Crippen molar-refractivity contribution in [3.63, 3.8) is 0 Å². The molecule has 1 aromatic heterocycles. The molecular weight excluding hydrogens is 332 g/mol. The predicted molar refractivity (Wildman–Crippen MR) is 98.9 cm³/mol. The van der Waals surface area contributed by atoms with Gasteiger partial charge in [0.2, 0.25) is 0 Å². The monoisotopic (exact) mass is 360 g/mol. The molecule has 2 bridgehead atoms. The fourth-order valence-corrected chi connectivity index (χ4v) is 4.80. The molecule has 1 amide bonds. The number of nitrogens with one attached hydrogen (secondary N) is 1. The van der Waals surface area contributed by atoms with Gasteiger partial charge in [0.1, 0.15) is 11.3 Å². The fraction of sp³-hybridized carbons (Fsp3) is 0.684. The van der Waals surface area contributed by atoms with Crippen molar-refractivity contribution in [2.75, 3.05) is 46.9 Å². The summed E-state index contributed by atoms with van der Waals surface area (Å²) in [5.41, 5.74) is 1.32. The van der Waals surface area contributed by atoms with Crippen LogP contribution in [0.3, 0.4) is 0 Å². The smallest absolute Gasteiger partial charge is 0.259 e. The first-order valence-electron chi connectivity index (χ1n) is 9.59. The second-order valence-electron chi connectivity index (χ2n) is 7.80. The number of piperidine rings is 1. The SMILES string of the molecule is COc1cc(=O)n2c(c1C(=O)N1C[C@@H]3CC[C@H]1CN(C)C3)CCNCC2. The topological polar surface area (TPSA) is 66.8 Å². The number of fused-ring (bicyclic) bond motifs is 5. The summed E-state index contributed by atoms with van der Waals surface area (Å²) in [6.07, 6.45) is 2.90. The number of carbonyl (C=O) groups excluding carboxylic acids is 1. The maximum absolute atomic E-state index is 13.6. The molecule has 4 aliphatic heterocycles. The van der Waals surface area contributed by atoms with Crippen molar-refractivity contribution in [1.82, 2.24) is 19.7 Å². The van der Waals surface area contributed by atoms with E-state index in [1.54, 1.807) is 11.7 Å². The maximum Gasteiger partial charge on any atom is 0.259 e. The van der Waals surface area contributed by atoms with E-state index in [4.69, 9.17) is 4.74 Å². The molecule has 26 heavy (non-hydrogen) atoms. The van der Waals surface area contributed by atoms with E-state index in [1.165, 1.54) is 12.5 Å². The minimum Gasteiger partial charge on any atom is -0.496 e. The Morgan fingerprint density at radius 1 is 1.23 bits per heavy atom. The summed E-state index contributed by atoms with van der Waals surface area (Å²) in [5, 5.41) is 3.32. The Hall–Kier alpha value is -1.86. The summed E-state index contributed by atoms with van der Waals surface area (Å²) >= 11 is 0. The first-order valence-corrected chi connectivity index (χ1v) is 9.59. The van der Waals surface area contributed by atoms with Gasteiger partial charge in [0, 0.05) is 63.5 Å². The van der Waals surface area contributed by atoms with Crippen LogP contribution >= 0.6 is 0 Å². The summed E-state index contributed by atoms with van der Waals surface area (Å²) in [5.74, 6) is 0.972. The highest BCUT2D eigenvalue weighted by Crippen LogP contribution is 2.31. The number of nitrogens with zero attached hydrogens (tertiary/aromatic N) is 3.